The largest absolute Gasteiger partial charge is 0.386 e. The zero-order valence-electron chi connectivity index (χ0n) is 5.83. The van der Waals surface area contributed by atoms with E-state index >= 15 is 0 Å². The number of rotatable bonds is 0. The summed E-state index contributed by atoms with van der Waals surface area (Å²) in [5.41, 5.74) is -0.119. The van der Waals surface area contributed by atoms with Crippen LogP contribution in [0.5, 0.6) is 0 Å². The lowest BCUT2D eigenvalue weighted by Gasteiger charge is -2.19. The second-order valence-electron chi connectivity index (χ2n) is 2.67. The first-order chi connectivity index (χ1) is 4.64. The fraction of sp³-hybridized carbons (Fsp3) is 0.375. The number of nitrogens with zero attached hydrogens (tertiary/aromatic N) is 1. The highest BCUT2D eigenvalue weighted by Gasteiger charge is 2.17. The minimum absolute atomic E-state index is 0.534. The van der Waals surface area contributed by atoms with Gasteiger partial charge in [0.05, 0.1) is 11.7 Å². The Labute approximate surface area is 60.1 Å². The van der Waals surface area contributed by atoms with Gasteiger partial charge in [-0.2, -0.15) is 5.26 Å². The molecule has 0 aromatic rings. The van der Waals surface area contributed by atoms with Crippen molar-refractivity contribution in [3.8, 4) is 6.07 Å². The van der Waals surface area contributed by atoms with Crippen molar-refractivity contribution in [3.05, 3.63) is 23.8 Å². The number of hydrogen-bond acceptors (Lipinski definition) is 2. The molecule has 10 heavy (non-hydrogen) atoms. The molecule has 1 atom stereocenters. The van der Waals surface area contributed by atoms with Gasteiger partial charge in [-0.3, -0.25) is 0 Å². The van der Waals surface area contributed by atoms with Crippen molar-refractivity contribution in [2.24, 2.45) is 0 Å². The highest BCUT2D eigenvalue weighted by atomic mass is 16.3. The Bertz CT molecular complexity index is 230. The van der Waals surface area contributed by atoms with Gasteiger partial charge in [-0.05, 0) is 19.4 Å². The summed E-state index contributed by atoms with van der Waals surface area (Å²) in [5, 5.41) is 17.8. The van der Waals surface area contributed by atoms with E-state index in [0.717, 1.165) is 0 Å². The third-order valence-corrected chi connectivity index (χ3v) is 1.49. The Morgan fingerprint density at radius 2 is 2.50 bits per heavy atom. The number of allylic oxidation sites excluding steroid dienone is 2. The van der Waals surface area contributed by atoms with Gasteiger partial charge in [0.1, 0.15) is 0 Å². The van der Waals surface area contributed by atoms with Crippen LogP contribution >= 0.6 is 0 Å². The van der Waals surface area contributed by atoms with Crippen LogP contribution in [-0.4, -0.2) is 10.7 Å². The summed E-state index contributed by atoms with van der Waals surface area (Å²) in [6.07, 6.45) is 5.56. The Hall–Kier alpha value is -1.07. The monoisotopic (exact) mass is 135 g/mol. The predicted molar refractivity (Wildman–Crippen MR) is 38.1 cm³/mol. The van der Waals surface area contributed by atoms with Crippen LogP contribution in [0, 0.1) is 11.3 Å². The van der Waals surface area contributed by atoms with Gasteiger partial charge in [-0.1, -0.05) is 12.2 Å². The molecule has 0 aromatic heterocycles. The summed E-state index contributed by atoms with van der Waals surface area (Å²) >= 11 is 0. The minimum atomic E-state index is -0.750. The van der Waals surface area contributed by atoms with E-state index in [4.69, 9.17) is 5.26 Å². The molecule has 1 aliphatic rings. The molecule has 0 amide bonds. The minimum Gasteiger partial charge on any atom is -0.386 e. The molecule has 0 fully saturated rings. The van der Waals surface area contributed by atoms with Gasteiger partial charge in [-0.15, -0.1) is 0 Å². The third kappa shape index (κ3) is 1.46. The van der Waals surface area contributed by atoms with Gasteiger partial charge in [0.25, 0.3) is 0 Å². The summed E-state index contributed by atoms with van der Waals surface area (Å²) in [7, 11) is 0. The van der Waals surface area contributed by atoms with E-state index in [1.165, 1.54) is 0 Å². The lowest BCUT2D eigenvalue weighted by molar-refractivity contribution is 0.114. The maximum absolute atomic E-state index is 9.35. The second-order valence-corrected chi connectivity index (χ2v) is 2.67. The standard InChI is InChI=1S/C8H9NO/c1-8(10)4-2-7(6-9)3-5-8/h2-4,10H,5H2,1H3. The third-order valence-electron chi connectivity index (χ3n) is 1.49. The number of aliphatic hydroxyl groups is 1. The lowest BCUT2D eigenvalue weighted by atomic mass is 9.95. The summed E-state index contributed by atoms with van der Waals surface area (Å²) < 4.78 is 0. The van der Waals surface area contributed by atoms with E-state index in [1.54, 1.807) is 25.2 Å². The zero-order chi connectivity index (χ0) is 7.61. The van der Waals surface area contributed by atoms with Crippen molar-refractivity contribution in [2.75, 3.05) is 0 Å². The Balaban J connectivity index is 2.75. The molecule has 0 saturated heterocycles. The number of hydrogen-bond donors (Lipinski definition) is 1. The molecule has 0 heterocycles. The molecule has 52 valence electrons. The van der Waals surface area contributed by atoms with Crippen LogP contribution in [-0.2, 0) is 0 Å². The van der Waals surface area contributed by atoms with Gasteiger partial charge >= 0.3 is 0 Å². The first-order valence-electron chi connectivity index (χ1n) is 3.16. The maximum Gasteiger partial charge on any atom is 0.0988 e. The Morgan fingerprint density at radius 3 is 2.90 bits per heavy atom. The van der Waals surface area contributed by atoms with Crippen LogP contribution in [0.2, 0.25) is 0 Å². The van der Waals surface area contributed by atoms with Crippen molar-refractivity contribution in [1.82, 2.24) is 0 Å². The molecule has 0 bridgehead atoms. The van der Waals surface area contributed by atoms with E-state index in [1.807, 2.05) is 6.07 Å². The normalized spacial score (nSPS) is 31.1. The van der Waals surface area contributed by atoms with Crippen molar-refractivity contribution in [3.63, 3.8) is 0 Å². The molecular weight excluding hydrogens is 126 g/mol. The Kier molecular flexibility index (Phi) is 1.60. The molecular formula is C8H9NO. The molecule has 2 nitrogen and oxygen atoms in total. The molecule has 1 N–H and O–H groups in total. The highest BCUT2D eigenvalue weighted by Crippen LogP contribution is 2.19. The van der Waals surface area contributed by atoms with Gasteiger partial charge in [0, 0.05) is 5.57 Å². The first-order valence-corrected chi connectivity index (χ1v) is 3.16. The van der Waals surface area contributed by atoms with Crippen LogP contribution in [0.3, 0.4) is 0 Å². The average molecular weight is 135 g/mol. The van der Waals surface area contributed by atoms with Crippen molar-refractivity contribution < 1.29 is 5.11 Å². The van der Waals surface area contributed by atoms with E-state index in [0.29, 0.717) is 12.0 Å². The van der Waals surface area contributed by atoms with Gasteiger partial charge in [0.2, 0.25) is 0 Å². The van der Waals surface area contributed by atoms with E-state index in [-0.39, 0.29) is 0 Å². The molecule has 0 spiro atoms. The summed E-state index contributed by atoms with van der Waals surface area (Å²) in [6, 6.07) is 2.00. The molecule has 0 radical (unpaired) electrons. The molecule has 0 saturated carbocycles. The first kappa shape index (κ1) is 7.04. The highest BCUT2D eigenvalue weighted by molar-refractivity contribution is 5.37. The fourth-order valence-electron chi connectivity index (χ4n) is 0.805. The van der Waals surface area contributed by atoms with Crippen LogP contribution in [0.25, 0.3) is 0 Å². The molecule has 1 aliphatic carbocycles. The lowest BCUT2D eigenvalue weighted by Crippen LogP contribution is -2.21. The zero-order valence-corrected chi connectivity index (χ0v) is 5.83. The van der Waals surface area contributed by atoms with Crippen molar-refractivity contribution >= 4 is 0 Å². The van der Waals surface area contributed by atoms with Gasteiger partial charge < -0.3 is 5.11 Å². The van der Waals surface area contributed by atoms with Crippen molar-refractivity contribution in [1.29, 1.82) is 5.26 Å². The van der Waals surface area contributed by atoms with Crippen LogP contribution in [0.15, 0.2) is 23.8 Å². The van der Waals surface area contributed by atoms with E-state index in [9.17, 15) is 5.11 Å². The van der Waals surface area contributed by atoms with Crippen molar-refractivity contribution in [2.45, 2.75) is 18.9 Å². The van der Waals surface area contributed by atoms with Crippen LogP contribution < -0.4 is 0 Å². The van der Waals surface area contributed by atoms with E-state index in [2.05, 4.69) is 0 Å². The Morgan fingerprint density at radius 1 is 1.80 bits per heavy atom. The molecule has 1 unspecified atom stereocenters. The molecule has 0 aliphatic heterocycles. The summed E-state index contributed by atoms with van der Waals surface area (Å²) in [5.74, 6) is 0. The smallest absolute Gasteiger partial charge is 0.0988 e. The van der Waals surface area contributed by atoms with E-state index < -0.39 is 5.60 Å². The predicted octanol–water partition coefficient (Wildman–Crippen LogP) is 1.15. The fourth-order valence-corrected chi connectivity index (χ4v) is 0.805. The molecule has 0 aromatic carbocycles. The SMILES string of the molecule is CC1(O)C=CC(C#N)=CC1. The van der Waals surface area contributed by atoms with Gasteiger partial charge in [0.15, 0.2) is 0 Å². The number of nitriles is 1. The molecule has 2 heteroatoms. The van der Waals surface area contributed by atoms with Crippen LogP contribution in [0.1, 0.15) is 13.3 Å². The average Bonchev–Trinajstić information content (AvgIpc) is 1.88. The second kappa shape index (κ2) is 2.28. The van der Waals surface area contributed by atoms with Gasteiger partial charge in [-0.25, -0.2) is 0 Å². The quantitative estimate of drug-likeness (QED) is 0.541. The van der Waals surface area contributed by atoms with Crippen LogP contribution in [0.4, 0.5) is 0 Å². The molecule has 1 rings (SSSR count). The summed E-state index contributed by atoms with van der Waals surface area (Å²) in [6.45, 7) is 1.72. The maximum atomic E-state index is 9.35. The topological polar surface area (TPSA) is 44.0 Å². The summed E-state index contributed by atoms with van der Waals surface area (Å²) in [4.78, 5) is 0.